The molecule has 0 radical (unpaired) electrons. The Labute approximate surface area is 186 Å². The molecule has 2 heterocycles. The molecular weight excluding hydrogens is 406 g/mol. The van der Waals surface area contributed by atoms with E-state index in [-0.39, 0.29) is 5.91 Å². The minimum absolute atomic E-state index is 0.122. The van der Waals surface area contributed by atoms with Gasteiger partial charge >= 0.3 is 0 Å². The van der Waals surface area contributed by atoms with Crippen molar-refractivity contribution in [2.45, 2.75) is 27.2 Å². The van der Waals surface area contributed by atoms with Gasteiger partial charge in [0.15, 0.2) is 5.17 Å². The molecule has 0 aliphatic carbocycles. The SMILES string of the molecule is CCc1ccc(N=C2NC(=O)/C(=C/c3cc(C)n(-c4ccc(OC)cc4)c3C)S2)cc1. The molecule has 1 fully saturated rings. The Morgan fingerprint density at radius 2 is 1.81 bits per heavy atom. The minimum Gasteiger partial charge on any atom is -0.497 e. The summed E-state index contributed by atoms with van der Waals surface area (Å²) in [6.45, 7) is 6.25. The van der Waals surface area contributed by atoms with Crippen LogP contribution in [0, 0.1) is 13.8 Å². The van der Waals surface area contributed by atoms with E-state index in [1.54, 1.807) is 7.11 Å². The summed E-state index contributed by atoms with van der Waals surface area (Å²) in [5.74, 6) is 0.701. The molecule has 3 aromatic rings. The molecule has 31 heavy (non-hydrogen) atoms. The fourth-order valence-electron chi connectivity index (χ4n) is 3.61. The van der Waals surface area contributed by atoms with Crippen LogP contribution < -0.4 is 10.1 Å². The van der Waals surface area contributed by atoms with Crippen LogP contribution in [0.25, 0.3) is 11.8 Å². The van der Waals surface area contributed by atoms with Gasteiger partial charge < -0.3 is 14.6 Å². The quantitative estimate of drug-likeness (QED) is 0.538. The summed E-state index contributed by atoms with van der Waals surface area (Å²) in [6, 6.07) is 18.1. The Bertz CT molecular complexity index is 1170. The molecule has 1 amide bonds. The van der Waals surface area contributed by atoms with Crippen LogP contribution >= 0.6 is 11.8 Å². The maximum absolute atomic E-state index is 12.5. The Kier molecular flexibility index (Phi) is 6.00. The lowest BCUT2D eigenvalue weighted by Gasteiger charge is -2.10. The first-order chi connectivity index (χ1) is 15.0. The molecule has 2 aromatic carbocycles. The predicted octanol–water partition coefficient (Wildman–Crippen LogP) is 5.56. The number of nitrogens with zero attached hydrogens (tertiary/aromatic N) is 2. The summed E-state index contributed by atoms with van der Waals surface area (Å²) in [6.07, 6.45) is 2.93. The number of thioether (sulfide) groups is 1. The molecule has 1 saturated heterocycles. The van der Waals surface area contributed by atoms with Crippen LogP contribution in [0.1, 0.15) is 29.4 Å². The summed E-state index contributed by atoms with van der Waals surface area (Å²) in [4.78, 5) is 17.7. The third-order valence-corrected chi connectivity index (χ3v) is 6.22. The van der Waals surface area contributed by atoms with Gasteiger partial charge in [0.2, 0.25) is 0 Å². The number of benzene rings is 2. The first-order valence-electron chi connectivity index (χ1n) is 10.2. The molecule has 1 N–H and O–H groups in total. The molecule has 1 aromatic heterocycles. The van der Waals surface area contributed by atoms with Crippen molar-refractivity contribution in [2.24, 2.45) is 4.99 Å². The summed E-state index contributed by atoms with van der Waals surface area (Å²) in [5, 5.41) is 3.47. The second-order valence-corrected chi connectivity index (χ2v) is 8.39. The van der Waals surface area contributed by atoms with Crippen molar-refractivity contribution in [3.05, 3.63) is 82.0 Å². The number of aromatic nitrogens is 1. The number of nitrogens with one attached hydrogen (secondary N) is 1. The molecule has 0 unspecified atom stereocenters. The number of aliphatic imine (C=N–C) groups is 1. The molecule has 1 aliphatic rings. The van der Waals surface area contributed by atoms with Crippen LogP contribution in [0.4, 0.5) is 5.69 Å². The molecule has 1 aliphatic heterocycles. The molecule has 0 spiro atoms. The summed E-state index contributed by atoms with van der Waals surface area (Å²) < 4.78 is 7.43. The van der Waals surface area contributed by atoms with Gasteiger partial charge in [0.25, 0.3) is 5.91 Å². The number of amides is 1. The lowest BCUT2D eigenvalue weighted by molar-refractivity contribution is -0.115. The minimum atomic E-state index is -0.122. The number of carbonyl (C=O) groups excluding carboxylic acids is 1. The predicted molar refractivity (Wildman–Crippen MR) is 128 cm³/mol. The zero-order valence-electron chi connectivity index (χ0n) is 18.1. The highest BCUT2D eigenvalue weighted by atomic mass is 32.2. The highest BCUT2D eigenvalue weighted by Gasteiger charge is 2.24. The normalized spacial score (nSPS) is 16.2. The molecule has 0 atom stereocenters. The first-order valence-corrected chi connectivity index (χ1v) is 11.0. The van der Waals surface area contributed by atoms with Gasteiger partial charge in [0, 0.05) is 17.1 Å². The Hall–Kier alpha value is -3.25. The van der Waals surface area contributed by atoms with Crippen LogP contribution in [0.15, 0.2) is 64.5 Å². The van der Waals surface area contributed by atoms with Gasteiger partial charge in [0.1, 0.15) is 5.75 Å². The fraction of sp³-hybridized carbons (Fsp3) is 0.200. The maximum atomic E-state index is 12.5. The maximum Gasteiger partial charge on any atom is 0.264 e. The van der Waals surface area contributed by atoms with Crippen molar-refractivity contribution in [1.29, 1.82) is 0 Å². The van der Waals surface area contributed by atoms with E-state index < -0.39 is 0 Å². The van der Waals surface area contributed by atoms with E-state index in [9.17, 15) is 4.79 Å². The summed E-state index contributed by atoms with van der Waals surface area (Å²) in [5.41, 5.74) is 6.34. The molecule has 5 nitrogen and oxygen atoms in total. The lowest BCUT2D eigenvalue weighted by atomic mass is 10.2. The molecule has 158 valence electrons. The zero-order chi connectivity index (χ0) is 22.0. The third-order valence-electron chi connectivity index (χ3n) is 5.31. The van der Waals surface area contributed by atoms with Crippen molar-refractivity contribution >= 4 is 34.6 Å². The number of ether oxygens (including phenoxy) is 1. The highest BCUT2D eigenvalue weighted by molar-refractivity contribution is 8.18. The zero-order valence-corrected chi connectivity index (χ0v) is 18.9. The van der Waals surface area contributed by atoms with Crippen LogP contribution in [0.5, 0.6) is 5.75 Å². The summed E-state index contributed by atoms with van der Waals surface area (Å²) in [7, 11) is 1.66. The van der Waals surface area contributed by atoms with E-state index in [0.717, 1.165) is 40.5 Å². The number of hydrogen-bond donors (Lipinski definition) is 1. The topological polar surface area (TPSA) is 55.6 Å². The van der Waals surface area contributed by atoms with Crippen molar-refractivity contribution in [3.63, 3.8) is 0 Å². The van der Waals surface area contributed by atoms with E-state index in [2.05, 4.69) is 53.8 Å². The lowest BCUT2D eigenvalue weighted by Crippen LogP contribution is -2.19. The number of methoxy groups -OCH3 is 1. The number of amidine groups is 1. The van der Waals surface area contributed by atoms with Crippen molar-refractivity contribution < 1.29 is 9.53 Å². The van der Waals surface area contributed by atoms with E-state index in [4.69, 9.17) is 4.74 Å². The van der Waals surface area contributed by atoms with Gasteiger partial charge in [-0.3, -0.25) is 4.79 Å². The molecule has 4 rings (SSSR count). The molecule has 0 bridgehead atoms. The van der Waals surface area contributed by atoms with Gasteiger partial charge in [-0.05, 0) is 91.7 Å². The summed E-state index contributed by atoms with van der Waals surface area (Å²) >= 11 is 1.37. The van der Waals surface area contributed by atoms with Crippen LogP contribution in [0.2, 0.25) is 0 Å². The standard InChI is InChI=1S/C25H25N3O2S/c1-5-18-6-8-20(9-7-18)26-25-27-24(29)23(31-25)15-19-14-16(2)28(17(19)3)21-10-12-22(30-4)13-11-21/h6-15H,5H2,1-4H3,(H,26,27,29)/b23-15-. The van der Waals surface area contributed by atoms with Crippen LogP contribution in [0.3, 0.4) is 0 Å². The Morgan fingerprint density at radius 1 is 1.10 bits per heavy atom. The Balaban J connectivity index is 1.59. The van der Waals surface area contributed by atoms with Gasteiger partial charge in [-0.1, -0.05) is 19.1 Å². The average Bonchev–Trinajstić information content (AvgIpc) is 3.26. The molecule has 6 heteroatoms. The van der Waals surface area contributed by atoms with E-state index >= 15 is 0 Å². The first kappa shape index (κ1) is 21.0. The largest absolute Gasteiger partial charge is 0.497 e. The van der Waals surface area contributed by atoms with Gasteiger partial charge in [-0.2, -0.15) is 0 Å². The van der Waals surface area contributed by atoms with Gasteiger partial charge in [0.05, 0.1) is 17.7 Å². The van der Waals surface area contributed by atoms with E-state index in [1.165, 1.54) is 17.3 Å². The monoisotopic (exact) mass is 431 g/mol. The highest BCUT2D eigenvalue weighted by Crippen LogP contribution is 2.31. The van der Waals surface area contributed by atoms with Crippen molar-refractivity contribution in [2.75, 3.05) is 7.11 Å². The van der Waals surface area contributed by atoms with Gasteiger partial charge in [-0.15, -0.1) is 0 Å². The van der Waals surface area contributed by atoms with E-state index in [1.807, 2.05) is 42.5 Å². The number of carbonyl (C=O) groups is 1. The van der Waals surface area contributed by atoms with Crippen LogP contribution in [-0.4, -0.2) is 22.8 Å². The Morgan fingerprint density at radius 3 is 2.45 bits per heavy atom. The molecular formula is C25H25N3O2S. The smallest absolute Gasteiger partial charge is 0.264 e. The third kappa shape index (κ3) is 4.44. The number of rotatable bonds is 5. The second-order valence-electron chi connectivity index (χ2n) is 7.36. The second kappa shape index (κ2) is 8.86. The van der Waals surface area contributed by atoms with Crippen LogP contribution in [-0.2, 0) is 11.2 Å². The number of hydrogen-bond acceptors (Lipinski definition) is 4. The van der Waals surface area contributed by atoms with Crippen molar-refractivity contribution in [3.8, 4) is 11.4 Å². The van der Waals surface area contributed by atoms with Crippen molar-refractivity contribution in [1.82, 2.24) is 9.88 Å². The fourth-order valence-corrected chi connectivity index (χ4v) is 4.44. The molecule has 0 saturated carbocycles. The van der Waals surface area contributed by atoms with E-state index in [0.29, 0.717) is 10.1 Å². The van der Waals surface area contributed by atoms with Gasteiger partial charge in [-0.25, -0.2) is 4.99 Å². The number of aryl methyl sites for hydroxylation is 2. The average molecular weight is 432 g/mol.